The monoisotopic (exact) mass is 286 g/mol. The largest absolute Gasteiger partial charge is 0.388 e. The van der Waals surface area contributed by atoms with Gasteiger partial charge in [-0.1, -0.05) is 11.6 Å². The van der Waals surface area contributed by atoms with Gasteiger partial charge in [0.2, 0.25) is 0 Å². The number of nitrogens with zero attached hydrogens (tertiary/aromatic N) is 2. The minimum atomic E-state index is -1.00. The second-order valence-electron chi connectivity index (χ2n) is 4.30. The fraction of sp³-hybridized carbons (Fsp3) is 0.364. The highest BCUT2D eigenvalue weighted by atomic mass is 35.5. The predicted octanol–water partition coefficient (Wildman–Crippen LogP) is 0.426. The first kappa shape index (κ1) is 13.7. The number of non-ortho nitro benzene ring substituents is 1. The van der Waals surface area contributed by atoms with Gasteiger partial charge in [0.25, 0.3) is 11.6 Å². The normalized spacial score (nSPS) is 22.6. The summed E-state index contributed by atoms with van der Waals surface area (Å²) in [5.41, 5.74) is -0.225. The number of amides is 1. The van der Waals surface area contributed by atoms with Crippen LogP contribution in [-0.4, -0.2) is 51.2 Å². The molecule has 1 aromatic carbocycles. The third-order valence-electron chi connectivity index (χ3n) is 2.89. The molecule has 1 aromatic rings. The molecule has 1 saturated heterocycles. The van der Waals surface area contributed by atoms with Crippen molar-refractivity contribution in [2.75, 3.05) is 13.1 Å². The van der Waals surface area contributed by atoms with Gasteiger partial charge in [-0.05, 0) is 6.07 Å². The first-order chi connectivity index (χ1) is 8.88. The molecule has 7 nitrogen and oxygen atoms in total. The van der Waals surface area contributed by atoms with Crippen molar-refractivity contribution in [1.82, 2.24) is 4.90 Å². The van der Waals surface area contributed by atoms with Crippen LogP contribution in [0.2, 0.25) is 5.02 Å². The molecule has 2 atom stereocenters. The second-order valence-corrected chi connectivity index (χ2v) is 4.74. The van der Waals surface area contributed by atoms with Gasteiger partial charge in [0.1, 0.15) is 0 Å². The number of likely N-dealkylation sites (tertiary alicyclic amines) is 1. The number of nitro benzene ring substituents is 1. The molecule has 1 aliphatic heterocycles. The van der Waals surface area contributed by atoms with E-state index < -0.39 is 23.0 Å². The average Bonchev–Trinajstić information content (AvgIpc) is 2.68. The molecule has 0 aliphatic carbocycles. The zero-order valence-corrected chi connectivity index (χ0v) is 10.4. The van der Waals surface area contributed by atoms with Crippen molar-refractivity contribution < 1.29 is 19.9 Å². The lowest BCUT2D eigenvalue weighted by Crippen LogP contribution is -2.29. The molecule has 1 aliphatic rings. The van der Waals surface area contributed by atoms with Crippen LogP contribution in [0, 0.1) is 10.1 Å². The molecule has 2 N–H and O–H groups in total. The van der Waals surface area contributed by atoms with Crippen LogP contribution in [0.15, 0.2) is 18.2 Å². The second kappa shape index (κ2) is 5.12. The van der Waals surface area contributed by atoms with Crippen LogP contribution in [0.3, 0.4) is 0 Å². The number of aliphatic hydroxyl groups is 2. The van der Waals surface area contributed by atoms with Gasteiger partial charge in [-0.15, -0.1) is 0 Å². The van der Waals surface area contributed by atoms with Gasteiger partial charge in [-0.2, -0.15) is 0 Å². The highest BCUT2D eigenvalue weighted by Gasteiger charge is 2.33. The maximum absolute atomic E-state index is 12.1. The Hall–Kier alpha value is -1.70. The summed E-state index contributed by atoms with van der Waals surface area (Å²) < 4.78 is 0. The third kappa shape index (κ3) is 2.83. The van der Waals surface area contributed by atoms with Crippen LogP contribution >= 0.6 is 11.6 Å². The molecule has 0 saturated carbocycles. The maximum Gasteiger partial charge on any atom is 0.271 e. The van der Waals surface area contributed by atoms with E-state index in [9.17, 15) is 25.1 Å². The minimum absolute atomic E-state index is 0.0136. The SMILES string of the molecule is O=C(c1cc(Cl)cc([N+](=O)[O-])c1)N1C[C@@H](O)[C@@H](O)C1. The molecule has 0 bridgehead atoms. The quantitative estimate of drug-likeness (QED) is 0.606. The Balaban J connectivity index is 2.27. The number of benzene rings is 1. The Morgan fingerprint density at radius 2 is 1.89 bits per heavy atom. The Morgan fingerprint density at radius 1 is 1.32 bits per heavy atom. The van der Waals surface area contributed by atoms with Crippen molar-refractivity contribution in [1.29, 1.82) is 0 Å². The van der Waals surface area contributed by atoms with Crippen molar-refractivity contribution in [3.8, 4) is 0 Å². The van der Waals surface area contributed by atoms with Crippen molar-refractivity contribution >= 4 is 23.2 Å². The van der Waals surface area contributed by atoms with Crippen molar-refractivity contribution in [2.24, 2.45) is 0 Å². The number of rotatable bonds is 2. The van der Waals surface area contributed by atoms with Crippen molar-refractivity contribution in [3.63, 3.8) is 0 Å². The van der Waals surface area contributed by atoms with Gasteiger partial charge in [-0.25, -0.2) is 0 Å². The first-order valence-corrected chi connectivity index (χ1v) is 5.86. The summed E-state index contributed by atoms with van der Waals surface area (Å²) in [6, 6.07) is 3.57. The highest BCUT2D eigenvalue weighted by Crippen LogP contribution is 2.23. The fourth-order valence-electron chi connectivity index (χ4n) is 1.92. The van der Waals surface area contributed by atoms with Gasteiger partial charge in [0, 0.05) is 35.8 Å². The number of β-amino-alcohol motifs (C(OH)–C–C–N with tert-alkyl or cyclic N) is 2. The lowest BCUT2D eigenvalue weighted by Gasteiger charge is -2.15. The highest BCUT2D eigenvalue weighted by molar-refractivity contribution is 6.31. The van der Waals surface area contributed by atoms with E-state index in [2.05, 4.69) is 0 Å². The van der Waals surface area contributed by atoms with E-state index in [4.69, 9.17) is 11.6 Å². The zero-order chi connectivity index (χ0) is 14.2. The van der Waals surface area contributed by atoms with E-state index in [-0.39, 0.29) is 29.4 Å². The summed E-state index contributed by atoms with van der Waals surface area (Å²) in [6.45, 7) is -0.0272. The molecule has 19 heavy (non-hydrogen) atoms. The van der Waals surface area contributed by atoms with Gasteiger partial charge in [0.15, 0.2) is 0 Å². The number of hydrogen-bond donors (Lipinski definition) is 2. The summed E-state index contributed by atoms with van der Waals surface area (Å²) in [5.74, 6) is -0.513. The Labute approximate surface area is 113 Å². The van der Waals surface area contributed by atoms with Gasteiger partial charge >= 0.3 is 0 Å². The minimum Gasteiger partial charge on any atom is -0.388 e. The smallest absolute Gasteiger partial charge is 0.271 e. The van der Waals surface area contributed by atoms with Gasteiger partial charge < -0.3 is 15.1 Å². The molecule has 8 heteroatoms. The van der Waals surface area contributed by atoms with Gasteiger partial charge in [-0.3, -0.25) is 14.9 Å². The number of aliphatic hydroxyl groups excluding tert-OH is 2. The molecule has 2 rings (SSSR count). The topological polar surface area (TPSA) is 104 Å². The van der Waals surface area contributed by atoms with Crippen LogP contribution < -0.4 is 0 Å². The van der Waals surface area contributed by atoms with Crippen LogP contribution in [0.25, 0.3) is 0 Å². The summed E-state index contributed by atoms with van der Waals surface area (Å²) in [4.78, 5) is 23.4. The molecule has 1 heterocycles. The summed E-state index contributed by atoms with van der Waals surface area (Å²) >= 11 is 5.73. The zero-order valence-electron chi connectivity index (χ0n) is 9.69. The first-order valence-electron chi connectivity index (χ1n) is 5.49. The number of hydrogen-bond acceptors (Lipinski definition) is 5. The predicted molar refractivity (Wildman–Crippen MR) is 66.0 cm³/mol. The summed E-state index contributed by atoms with van der Waals surface area (Å²) in [5, 5.41) is 29.5. The van der Waals surface area contributed by atoms with E-state index in [1.807, 2.05) is 0 Å². The summed E-state index contributed by atoms with van der Waals surface area (Å²) in [7, 11) is 0. The lowest BCUT2D eigenvalue weighted by molar-refractivity contribution is -0.384. The van der Waals surface area contributed by atoms with Crippen molar-refractivity contribution in [3.05, 3.63) is 38.9 Å². The Kier molecular flexibility index (Phi) is 3.70. The molecular weight excluding hydrogens is 276 g/mol. The lowest BCUT2D eigenvalue weighted by atomic mass is 10.2. The van der Waals surface area contributed by atoms with E-state index >= 15 is 0 Å². The molecule has 0 unspecified atom stereocenters. The van der Waals surface area contributed by atoms with Crippen LogP contribution in [-0.2, 0) is 0 Å². The Bertz CT molecular complexity index is 526. The third-order valence-corrected chi connectivity index (χ3v) is 3.10. The van der Waals surface area contributed by atoms with Crippen LogP contribution in [0.1, 0.15) is 10.4 Å². The molecular formula is C11H11ClN2O5. The summed E-state index contributed by atoms with van der Waals surface area (Å²) in [6.07, 6.45) is -2.00. The molecule has 0 spiro atoms. The standard InChI is InChI=1S/C11H11ClN2O5/c12-7-1-6(2-8(3-7)14(18)19)11(17)13-4-9(15)10(16)5-13/h1-3,9-10,15-16H,4-5H2/t9-,10+. The van der Waals surface area contributed by atoms with E-state index in [1.165, 1.54) is 11.0 Å². The van der Waals surface area contributed by atoms with E-state index in [0.717, 1.165) is 12.1 Å². The molecule has 102 valence electrons. The van der Waals surface area contributed by atoms with Gasteiger partial charge in [0.05, 0.1) is 17.1 Å². The number of halogens is 1. The number of carbonyl (C=O) groups is 1. The molecule has 1 amide bonds. The van der Waals surface area contributed by atoms with Crippen LogP contribution in [0.4, 0.5) is 5.69 Å². The maximum atomic E-state index is 12.1. The number of carbonyl (C=O) groups excluding carboxylic acids is 1. The van der Waals surface area contributed by atoms with E-state index in [0.29, 0.717) is 0 Å². The average molecular weight is 287 g/mol. The van der Waals surface area contributed by atoms with E-state index in [1.54, 1.807) is 0 Å². The number of nitro groups is 1. The molecule has 1 fully saturated rings. The molecule has 0 aromatic heterocycles. The Morgan fingerprint density at radius 3 is 2.42 bits per heavy atom. The van der Waals surface area contributed by atoms with Crippen LogP contribution in [0.5, 0.6) is 0 Å². The fourth-order valence-corrected chi connectivity index (χ4v) is 2.15. The molecule has 0 radical (unpaired) electrons. The van der Waals surface area contributed by atoms with Crippen molar-refractivity contribution in [2.45, 2.75) is 12.2 Å².